The van der Waals surface area contributed by atoms with Crippen LogP contribution >= 0.6 is 0 Å². The molecule has 2 heterocycles. The quantitative estimate of drug-likeness (QED) is 0.536. The van der Waals surface area contributed by atoms with Gasteiger partial charge in [0.05, 0.1) is 24.2 Å². The topological polar surface area (TPSA) is 75.5 Å². The summed E-state index contributed by atoms with van der Waals surface area (Å²) in [5, 5.41) is 22.9. The number of nitrogens with zero attached hydrogens (tertiary/aromatic N) is 2. The third-order valence-corrected chi connectivity index (χ3v) is 4.73. The summed E-state index contributed by atoms with van der Waals surface area (Å²) in [7, 11) is 1.48. The highest BCUT2D eigenvalue weighted by Gasteiger charge is 2.17. The van der Waals surface area contributed by atoms with E-state index in [2.05, 4.69) is 4.98 Å². The van der Waals surface area contributed by atoms with Crippen molar-refractivity contribution in [2.75, 3.05) is 7.11 Å². The zero-order chi connectivity index (χ0) is 19.0. The van der Waals surface area contributed by atoms with E-state index in [0.717, 1.165) is 33.2 Å². The molecule has 0 bridgehead atoms. The number of para-hydroxylation sites is 1. The summed E-state index contributed by atoms with van der Waals surface area (Å²) in [6, 6.07) is 17.0. The SMILES string of the molecule is COc1cccc(C(O)Cc2ccc3ccc4ccc(C)nc4c3n2)c1O. The standard InChI is InChI=1S/C22H20N2O3/c1-13-6-7-14-8-9-15-10-11-16(24-21(15)20(14)23-13)12-18(25)17-4-3-5-19(27-2)22(17)26/h3-11,18,25-26H,12H2,1-2H3. The van der Waals surface area contributed by atoms with E-state index in [-0.39, 0.29) is 12.2 Å². The van der Waals surface area contributed by atoms with Gasteiger partial charge in [-0.05, 0) is 25.1 Å². The van der Waals surface area contributed by atoms with Crippen molar-refractivity contribution in [3.8, 4) is 11.5 Å². The summed E-state index contributed by atoms with van der Waals surface area (Å²) in [6.07, 6.45) is -0.617. The molecule has 0 fully saturated rings. The molecule has 136 valence electrons. The minimum atomic E-state index is -0.894. The van der Waals surface area contributed by atoms with E-state index in [1.165, 1.54) is 7.11 Å². The molecule has 2 aromatic heterocycles. The lowest BCUT2D eigenvalue weighted by molar-refractivity contribution is 0.172. The normalized spacial score (nSPS) is 12.4. The molecular formula is C22H20N2O3. The van der Waals surface area contributed by atoms with Gasteiger partial charge in [0.15, 0.2) is 11.5 Å². The molecule has 4 aromatic rings. The minimum Gasteiger partial charge on any atom is -0.504 e. The molecule has 1 atom stereocenters. The average Bonchev–Trinajstić information content (AvgIpc) is 2.68. The number of phenols is 1. The Labute approximate surface area is 156 Å². The second-order valence-corrected chi connectivity index (χ2v) is 6.58. The van der Waals surface area contributed by atoms with Crippen molar-refractivity contribution in [3.05, 3.63) is 71.5 Å². The van der Waals surface area contributed by atoms with Gasteiger partial charge in [0, 0.05) is 34.1 Å². The Bertz CT molecular complexity index is 1140. The maximum Gasteiger partial charge on any atom is 0.163 e. The molecule has 4 rings (SSSR count). The first-order valence-electron chi connectivity index (χ1n) is 8.77. The van der Waals surface area contributed by atoms with Crippen LogP contribution in [-0.2, 0) is 6.42 Å². The molecule has 0 saturated carbocycles. The van der Waals surface area contributed by atoms with Gasteiger partial charge in [0.1, 0.15) is 0 Å². The van der Waals surface area contributed by atoms with Crippen LogP contribution in [0.5, 0.6) is 11.5 Å². The summed E-state index contributed by atoms with van der Waals surface area (Å²) in [5.74, 6) is 0.291. The number of pyridine rings is 2. The van der Waals surface area contributed by atoms with Crippen molar-refractivity contribution in [3.63, 3.8) is 0 Å². The Hall–Kier alpha value is -3.18. The highest BCUT2D eigenvalue weighted by atomic mass is 16.5. The molecule has 0 saturated heterocycles. The van der Waals surface area contributed by atoms with E-state index in [1.54, 1.807) is 18.2 Å². The van der Waals surface area contributed by atoms with Crippen LogP contribution in [0.25, 0.3) is 21.8 Å². The Morgan fingerprint density at radius 2 is 1.59 bits per heavy atom. The van der Waals surface area contributed by atoms with Gasteiger partial charge in [-0.1, -0.05) is 36.4 Å². The van der Waals surface area contributed by atoms with Crippen molar-refractivity contribution in [2.24, 2.45) is 0 Å². The van der Waals surface area contributed by atoms with E-state index in [9.17, 15) is 10.2 Å². The third-order valence-electron chi connectivity index (χ3n) is 4.73. The molecule has 0 spiro atoms. The fourth-order valence-corrected chi connectivity index (χ4v) is 3.30. The fraction of sp³-hybridized carbons (Fsp3) is 0.182. The second-order valence-electron chi connectivity index (χ2n) is 6.58. The minimum absolute atomic E-state index is 0.0453. The predicted octanol–water partition coefficient (Wildman–Crippen LogP) is 4.08. The van der Waals surface area contributed by atoms with Gasteiger partial charge in [-0.3, -0.25) is 9.97 Å². The number of phenolic OH excluding ortho intramolecular Hbond substituents is 1. The molecule has 5 nitrogen and oxygen atoms in total. The van der Waals surface area contributed by atoms with Crippen LogP contribution in [0.3, 0.4) is 0 Å². The number of ether oxygens (including phenoxy) is 1. The summed E-state index contributed by atoms with van der Waals surface area (Å²) in [5.41, 5.74) is 3.75. The van der Waals surface area contributed by atoms with E-state index in [4.69, 9.17) is 9.72 Å². The summed E-state index contributed by atoms with van der Waals surface area (Å²) < 4.78 is 5.12. The van der Waals surface area contributed by atoms with Gasteiger partial charge in [-0.15, -0.1) is 0 Å². The van der Waals surface area contributed by atoms with Gasteiger partial charge < -0.3 is 14.9 Å². The van der Waals surface area contributed by atoms with Crippen LogP contribution in [0.4, 0.5) is 0 Å². The third kappa shape index (κ3) is 3.17. The number of hydrogen-bond donors (Lipinski definition) is 2. The first-order valence-corrected chi connectivity index (χ1v) is 8.77. The summed E-state index contributed by atoms with van der Waals surface area (Å²) in [6.45, 7) is 1.96. The number of methoxy groups -OCH3 is 1. The van der Waals surface area contributed by atoms with E-state index in [0.29, 0.717) is 11.3 Å². The molecule has 0 aliphatic rings. The van der Waals surface area contributed by atoms with E-state index < -0.39 is 6.10 Å². The lowest BCUT2D eigenvalue weighted by Crippen LogP contribution is -2.04. The van der Waals surface area contributed by atoms with Gasteiger partial charge in [-0.25, -0.2) is 0 Å². The van der Waals surface area contributed by atoms with Crippen molar-refractivity contribution >= 4 is 21.8 Å². The van der Waals surface area contributed by atoms with Crippen LogP contribution < -0.4 is 4.74 Å². The van der Waals surface area contributed by atoms with Crippen molar-refractivity contribution < 1.29 is 14.9 Å². The number of aryl methyl sites for hydroxylation is 1. The Kier molecular flexibility index (Phi) is 4.38. The zero-order valence-corrected chi connectivity index (χ0v) is 15.2. The number of benzene rings is 2. The highest BCUT2D eigenvalue weighted by molar-refractivity contribution is 6.02. The number of hydrogen-bond acceptors (Lipinski definition) is 5. The lowest BCUT2D eigenvalue weighted by atomic mass is 10.0. The molecule has 27 heavy (non-hydrogen) atoms. The predicted molar refractivity (Wildman–Crippen MR) is 105 cm³/mol. The number of rotatable bonds is 4. The van der Waals surface area contributed by atoms with Gasteiger partial charge in [0.25, 0.3) is 0 Å². The number of aromatic nitrogens is 2. The van der Waals surface area contributed by atoms with Gasteiger partial charge >= 0.3 is 0 Å². The van der Waals surface area contributed by atoms with Crippen LogP contribution in [0.2, 0.25) is 0 Å². The first-order chi connectivity index (χ1) is 13.1. The zero-order valence-electron chi connectivity index (χ0n) is 15.2. The molecule has 0 amide bonds. The van der Waals surface area contributed by atoms with E-state index >= 15 is 0 Å². The van der Waals surface area contributed by atoms with Crippen LogP contribution in [0.15, 0.2) is 54.6 Å². The highest BCUT2D eigenvalue weighted by Crippen LogP contribution is 2.34. The number of aliphatic hydroxyl groups excluding tert-OH is 1. The van der Waals surface area contributed by atoms with Crippen molar-refractivity contribution in [2.45, 2.75) is 19.4 Å². The lowest BCUT2D eigenvalue weighted by Gasteiger charge is -2.15. The van der Waals surface area contributed by atoms with Crippen LogP contribution in [0, 0.1) is 6.92 Å². The smallest absolute Gasteiger partial charge is 0.163 e. The molecule has 5 heteroatoms. The largest absolute Gasteiger partial charge is 0.504 e. The van der Waals surface area contributed by atoms with Crippen LogP contribution in [0.1, 0.15) is 23.1 Å². The fourth-order valence-electron chi connectivity index (χ4n) is 3.30. The van der Waals surface area contributed by atoms with Crippen molar-refractivity contribution in [1.82, 2.24) is 9.97 Å². The Morgan fingerprint density at radius 1 is 0.926 bits per heavy atom. The Morgan fingerprint density at radius 3 is 2.33 bits per heavy atom. The number of aliphatic hydroxyl groups is 1. The van der Waals surface area contributed by atoms with Gasteiger partial charge in [0.2, 0.25) is 0 Å². The maximum atomic E-state index is 10.6. The molecule has 1 unspecified atom stereocenters. The molecular weight excluding hydrogens is 340 g/mol. The van der Waals surface area contributed by atoms with Crippen LogP contribution in [-0.4, -0.2) is 27.3 Å². The number of fused-ring (bicyclic) bond motifs is 3. The summed E-state index contributed by atoms with van der Waals surface area (Å²) >= 11 is 0. The molecule has 2 aromatic carbocycles. The average molecular weight is 360 g/mol. The van der Waals surface area contributed by atoms with Gasteiger partial charge in [-0.2, -0.15) is 0 Å². The molecule has 2 N–H and O–H groups in total. The Balaban J connectivity index is 1.74. The second kappa shape index (κ2) is 6.85. The first kappa shape index (κ1) is 17.2. The summed E-state index contributed by atoms with van der Waals surface area (Å²) in [4.78, 5) is 9.38. The monoisotopic (exact) mass is 360 g/mol. The maximum absolute atomic E-state index is 10.6. The van der Waals surface area contributed by atoms with E-state index in [1.807, 2.05) is 43.3 Å². The molecule has 0 aliphatic heterocycles. The molecule has 0 radical (unpaired) electrons. The van der Waals surface area contributed by atoms with Crippen molar-refractivity contribution in [1.29, 1.82) is 0 Å². The number of aromatic hydroxyl groups is 1. The molecule has 0 aliphatic carbocycles.